The largest absolute Gasteiger partial charge is 0.322 e. The van der Waals surface area contributed by atoms with Crippen molar-refractivity contribution < 1.29 is 14.4 Å². The average molecular weight is 374 g/mol. The molecule has 5 heteroatoms. The SMILES string of the molecule is Cc1cc(C)cc(NC(=O)c2ccccc2N2C(=O)[C@H]3CC=CC[C@@H]3C2=O)c1. The fraction of sp³-hybridized carbons (Fsp3) is 0.261. The molecule has 1 aliphatic carbocycles. The zero-order valence-electron chi connectivity index (χ0n) is 15.9. The molecule has 0 spiro atoms. The molecule has 4 rings (SSSR count). The lowest BCUT2D eigenvalue weighted by molar-refractivity contribution is -0.122. The molecule has 0 saturated carbocycles. The summed E-state index contributed by atoms with van der Waals surface area (Å²) in [6.07, 6.45) is 5.05. The van der Waals surface area contributed by atoms with Crippen molar-refractivity contribution in [3.63, 3.8) is 0 Å². The zero-order chi connectivity index (χ0) is 19.8. The highest BCUT2D eigenvalue weighted by Gasteiger charge is 2.48. The molecule has 0 radical (unpaired) electrons. The first-order valence-corrected chi connectivity index (χ1v) is 9.47. The molecular weight excluding hydrogens is 352 g/mol. The van der Waals surface area contributed by atoms with E-state index in [0.29, 0.717) is 29.8 Å². The Labute approximate surface area is 164 Å². The minimum absolute atomic E-state index is 0.217. The fourth-order valence-corrected chi connectivity index (χ4v) is 4.14. The number of hydrogen-bond acceptors (Lipinski definition) is 3. The number of amides is 3. The molecule has 1 aliphatic heterocycles. The van der Waals surface area contributed by atoms with E-state index >= 15 is 0 Å². The van der Waals surface area contributed by atoms with Gasteiger partial charge in [0.2, 0.25) is 11.8 Å². The van der Waals surface area contributed by atoms with Gasteiger partial charge < -0.3 is 5.32 Å². The molecule has 0 aromatic heterocycles. The predicted octanol–water partition coefficient (Wildman–Crippen LogP) is 4.01. The van der Waals surface area contributed by atoms with E-state index in [1.165, 1.54) is 4.90 Å². The number of nitrogens with zero attached hydrogens (tertiary/aromatic N) is 1. The van der Waals surface area contributed by atoms with Crippen LogP contribution in [0.15, 0.2) is 54.6 Å². The number of fused-ring (bicyclic) bond motifs is 1. The number of allylic oxidation sites excluding steroid dienone is 2. The van der Waals surface area contributed by atoms with Gasteiger partial charge in [-0.25, -0.2) is 4.90 Å². The maximum atomic E-state index is 13.0. The van der Waals surface area contributed by atoms with Crippen LogP contribution in [0.25, 0.3) is 0 Å². The first-order chi connectivity index (χ1) is 13.5. The van der Waals surface area contributed by atoms with Crippen LogP contribution in [-0.2, 0) is 9.59 Å². The average Bonchev–Trinajstić information content (AvgIpc) is 2.92. The molecule has 0 bridgehead atoms. The van der Waals surface area contributed by atoms with Crippen molar-refractivity contribution in [2.45, 2.75) is 26.7 Å². The van der Waals surface area contributed by atoms with E-state index in [4.69, 9.17) is 0 Å². The van der Waals surface area contributed by atoms with E-state index in [2.05, 4.69) is 5.32 Å². The minimum Gasteiger partial charge on any atom is -0.322 e. The molecule has 5 nitrogen and oxygen atoms in total. The summed E-state index contributed by atoms with van der Waals surface area (Å²) in [5, 5.41) is 2.90. The summed E-state index contributed by atoms with van der Waals surface area (Å²) in [6, 6.07) is 12.6. The molecule has 3 amide bonds. The number of aryl methyl sites for hydroxylation is 2. The highest BCUT2D eigenvalue weighted by Crippen LogP contribution is 2.38. The van der Waals surface area contributed by atoms with Crippen molar-refractivity contribution in [3.8, 4) is 0 Å². The number of hydrogen-bond donors (Lipinski definition) is 1. The Morgan fingerprint density at radius 3 is 2.11 bits per heavy atom. The van der Waals surface area contributed by atoms with Crippen LogP contribution in [0, 0.1) is 25.7 Å². The summed E-state index contributed by atoms with van der Waals surface area (Å²) in [6.45, 7) is 3.93. The number of carbonyl (C=O) groups excluding carboxylic acids is 3. The van der Waals surface area contributed by atoms with Crippen LogP contribution in [0.3, 0.4) is 0 Å². The van der Waals surface area contributed by atoms with Gasteiger partial charge >= 0.3 is 0 Å². The molecule has 2 atom stereocenters. The lowest BCUT2D eigenvalue weighted by Crippen LogP contribution is -2.33. The molecule has 1 saturated heterocycles. The Bertz CT molecular complexity index is 962. The Balaban J connectivity index is 1.66. The van der Waals surface area contributed by atoms with Gasteiger partial charge in [-0.3, -0.25) is 14.4 Å². The monoisotopic (exact) mass is 374 g/mol. The lowest BCUT2D eigenvalue weighted by Gasteiger charge is -2.18. The van der Waals surface area contributed by atoms with Crippen LogP contribution in [0.1, 0.15) is 34.3 Å². The fourth-order valence-electron chi connectivity index (χ4n) is 4.14. The van der Waals surface area contributed by atoms with Gasteiger partial charge in [0, 0.05) is 5.69 Å². The van der Waals surface area contributed by atoms with Crippen molar-refractivity contribution in [3.05, 3.63) is 71.3 Å². The quantitative estimate of drug-likeness (QED) is 0.652. The topological polar surface area (TPSA) is 66.5 Å². The molecule has 2 aromatic rings. The zero-order valence-corrected chi connectivity index (χ0v) is 15.9. The molecule has 142 valence electrons. The number of anilines is 2. The van der Waals surface area contributed by atoms with E-state index in [0.717, 1.165) is 11.1 Å². The molecule has 1 fully saturated rings. The molecule has 1 heterocycles. The van der Waals surface area contributed by atoms with Crippen LogP contribution < -0.4 is 10.2 Å². The first-order valence-electron chi connectivity index (χ1n) is 9.47. The second kappa shape index (κ2) is 7.08. The molecule has 0 unspecified atom stereocenters. The highest BCUT2D eigenvalue weighted by molar-refractivity contribution is 6.25. The van der Waals surface area contributed by atoms with Crippen molar-refractivity contribution in [2.75, 3.05) is 10.2 Å². The third-order valence-corrected chi connectivity index (χ3v) is 5.38. The van der Waals surface area contributed by atoms with Crippen LogP contribution in [-0.4, -0.2) is 17.7 Å². The molecular formula is C23H22N2O3. The molecule has 1 N–H and O–H groups in total. The molecule has 2 aliphatic rings. The maximum Gasteiger partial charge on any atom is 0.257 e. The van der Waals surface area contributed by atoms with Crippen LogP contribution in [0.5, 0.6) is 0 Å². The Kier molecular flexibility index (Phi) is 4.59. The van der Waals surface area contributed by atoms with Crippen LogP contribution >= 0.6 is 0 Å². The smallest absolute Gasteiger partial charge is 0.257 e. The van der Waals surface area contributed by atoms with E-state index in [-0.39, 0.29) is 29.6 Å². The lowest BCUT2D eigenvalue weighted by atomic mass is 9.85. The van der Waals surface area contributed by atoms with E-state index in [1.807, 2.05) is 44.2 Å². The third-order valence-electron chi connectivity index (χ3n) is 5.38. The van der Waals surface area contributed by atoms with Crippen molar-refractivity contribution in [1.29, 1.82) is 0 Å². The highest BCUT2D eigenvalue weighted by atomic mass is 16.2. The summed E-state index contributed by atoms with van der Waals surface area (Å²) in [4.78, 5) is 40.0. The molecule has 28 heavy (non-hydrogen) atoms. The van der Waals surface area contributed by atoms with Gasteiger partial charge in [0.05, 0.1) is 23.1 Å². The van der Waals surface area contributed by atoms with Gasteiger partial charge in [-0.2, -0.15) is 0 Å². The Morgan fingerprint density at radius 1 is 0.929 bits per heavy atom. The minimum atomic E-state index is -0.339. The Hall–Kier alpha value is -3.21. The second-order valence-corrected chi connectivity index (χ2v) is 7.52. The summed E-state index contributed by atoms with van der Waals surface area (Å²) < 4.78 is 0. The maximum absolute atomic E-state index is 13.0. The normalized spacial score (nSPS) is 21.0. The molecule has 2 aromatic carbocycles. The van der Waals surface area contributed by atoms with Crippen LogP contribution in [0.2, 0.25) is 0 Å². The van der Waals surface area contributed by atoms with Crippen molar-refractivity contribution >= 4 is 29.1 Å². The predicted molar refractivity (Wildman–Crippen MR) is 108 cm³/mol. The van der Waals surface area contributed by atoms with E-state index in [9.17, 15) is 14.4 Å². The van der Waals surface area contributed by atoms with Crippen LogP contribution in [0.4, 0.5) is 11.4 Å². The second-order valence-electron chi connectivity index (χ2n) is 7.52. The number of benzene rings is 2. The first kappa shape index (κ1) is 18.2. The Morgan fingerprint density at radius 2 is 1.50 bits per heavy atom. The van der Waals surface area contributed by atoms with E-state index < -0.39 is 0 Å². The number of para-hydroxylation sites is 1. The number of carbonyl (C=O) groups is 3. The van der Waals surface area contributed by atoms with Gasteiger partial charge in [0.1, 0.15) is 0 Å². The van der Waals surface area contributed by atoms with Gasteiger partial charge in [-0.1, -0.05) is 30.4 Å². The summed E-state index contributed by atoms with van der Waals surface area (Å²) in [5.41, 5.74) is 3.45. The van der Waals surface area contributed by atoms with Gasteiger partial charge in [0.15, 0.2) is 0 Å². The number of nitrogens with one attached hydrogen (secondary N) is 1. The third kappa shape index (κ3) is 3.13. The summed E-state index contributed by atoms with van der Waals surface area (Å²) >= 11 is 0. The summed E-state index contributed by atoms with van der Waals surface area (Å²) in [7, 11) is 0. The van der Waals surface area contributed by atoms with Gasteiger partial charge in [-0.15, -0.1) is 0 Å². The summed E-state index contributed by atoms with van der Waals surface area (Å²) in [5.74, 6) is -1.42. The van der Waals surface area contributed by atoms with Crippen molar-refractivity contribution in [1.82, 2.24) is 0 Å². The standard InChI is InChI=1S/C23H22N2O3/c1-14-11-15(2)13-16(12-14)24-21(26)19-9-5-6-10-20(19)25-22(27)17-7-3-4-8-18(17)23(25)28/h3-6,9-13,17-18H,7-8H2,1-2H3,(H,24,26)/t17-,18-/m0/s1. The number of rotatable bonds is 3. The van der Waals surface area contributed by atoms with Gasteiger partial charge in [-0.05, 0) is 62.1 Å². The van der Waals surface area contributed by atoms with E-state index in [1.54, 1.807) is 24.3 Å². The van der Waals surface area contributed by atoms with Gasteiger partial charge in [0.25, 0.3) is 5.91 Å². The van der Waals surface area contributed by atoms with Crippen molar-refractivity contribution in [2.24, 2.45) is 11.8 Å². The number of imide groups is 1.